The lowest BCUT2D eigenvalue weighted by Crippen LogP contribution is -2.37. The number of methoxy groups -OCH3 is 3. The van der Waals surface area contributed by atoms with Crippen molar-refractivity contribution in [3.05, 3.63) is 124 Å². The van der Waals surface area contributed by atoms with Crippen LogP contribution in [0.3, 0.4) is 0 Å². The van der Waals surface area contributed by atoms with E-state index in [2.05, 4.69) is 13.8 Å². The van der Waals surface area contributed by atoms with Crippen molar-refractivity contribution < 1.29 is 47.5 Å². The average molecular weight is 1030 g/mol. The SMILES string of the molecule is COCCOCCOCCN(C(=O)CCC(C)(C)SSC)c1cc(COc2cc3c(cc2OC)C(=O)N2c4ccccc4C[C@H]2C=N3)cc(COc2cc3c(cc2OC)C(=O)N2c4ccccc4C[C@H]2C=N3)c1. The number of aliphatic imine (C=N–C) groups is 2. The zero-order valence-electron chi connectivity index (χ0n) is 42.1. The van der Waals surface area contributed by atoms with E-state index in [4.69, 9.17) is 43.1 Å². The third-order valence-corrected chi connectivity index (χ3v) is 15.9. The van der Waals surface area contributed by atoms with Crippen molar-refractivity contribution >= 4 is 80.2 Å². The fourth-order valence-electron chi connectivity index (χ4n) is 9.59. The summed E-state index contributed by atoms with van der Waals surface area (Å²) in [5.41, 5.74) is 7.82. The molecule has 382 valence electrons. The zero-order chi connectivity index (χ0) is 51.1. The molecule has 5 aromatic carbocycles. The Labute approximate surface area is 434 Å². The maximum absolute atomic E-state index is 14.5. The fraction of sp³-hybridized carbons (Fsp3) is 0.375. The predicted molar refractivity (Wildman–Crippen MR) is 289 cm³/mol. The molecule has 0 unspecified atom stereocenters. The third-order valence-electron chi connectivity index (χ3n) is 13.2. The number of anilines is 3. The molecule has 0 N–H and O–H groups in total. The molecule has 0 bridgehead atoms. The number of nitrogens with zero attached hydrogens (tertiary/aromatic N) is 5. The molecular formula is C56H61N5O10S2. The van der Waals surface area contributed by atoms with Gasteiger partial charge in [-0.2, -0.15) is 0 Å². The summed E-state index contributed by atoms with van der Waals surface area (Å²) in [5, 5.41) is 0. The van der Waals surface area contributed by atoms with Gasteiger partial charge in [0, 0.05) is 79.3 Å². The lowest BCUT2D eigenvalue weighted by Gasteiger charge is -2.27. The van der Waals surface area contributed by atoms with E-state index in [9.17, 15) is 14.4 Å². The van der Waals surface area contributed by atoms with Crippen molar-refractivity contribution in [1.82, 2.24) is 0 Å². The van der Waals surface area contributed by atoms with Gasteiger partial charge in [0.1, 0.15) is 13.2 Å². The lowest BCUT2D eigenvalue weighted by atomic mass is 10.1. The molecule has 17 heteroatoms. The van der Waals surface area contributed by atoms with Gasteiger partial charge in [0.15, 0.2) is 23.0 Å². The minimum atomic E-state index is -0.214. The Morgan fingerprint density at radius 2 is 1.18 bits per heavy atom. The second-order valence-corrected chi connectivity index (χ2v) is 21.7. The summed E-state index contributed by atoms with van der Waals surface area (Å²) in [6, 6.07) is 28.1. The Bertz CT molecular complexity index is 2750. The summed E-state index contributed by atoms with van der Waals surface area (Å²) in [7, 11) is 8.13. The first-order chi connectivity index (χ1) is 35.5. The molecule has 0 saturated heterocycles. The van der Waals surface area contributed by atoms with Crippen LogP contribution in [-0.4, -0.2) is 114 Å². The Morgan fingerprint density at radius 3 is 1.68 bits per heavy atom. The molecule has 4 aliphatic heterocycles. The number of hydrogen-bond donors (Lipinski definition) is 0. The van der Waals surface area contributed by atoms with Crippen molar-refractivity contribution in [1.29, 1.82) is 0 Å². The van der Waals surface area contributed by atoms with E-state index < -0.39 is 0 Å². The Morgan fingerprint density at radius 1 is 0.671 bits per heavy atom. The summed E-state index contributed by atoms with van der Waals surface area (Å²) < 4.78 is 41.4. The van der Waals surface area contributed by atoms with E-state index in [1.54, 1.807) is 81.9 Å². The molecule has 0 aromatic heterocycles. The number of rotatable bonds is 23. The molecule has 2 atom stereocenters. The quantitative estimate of drug-likeness (QED) is 0.0453. The molecule has 15 nitrogen and oxygen atoms in total. The molecule has 4 aliphatic rings. The highest BCUT2D eigenvalue weighted by Gasteiger charge is 2.38. The zero-order valence-corrected chi connectivity index (χ0v) is 43.7. The molecule has 5 aromatic rings. The van der Waals surface area contributed by atoms with Gasteiger partial charge in [-0.3, -0.25) is 34.2 Å². The first-order valence-corrected chi connectivity index (χ1v) is 26.9. The van der Waals surface area contributed by atoms with Gasteiger partial charge in [-0.15, -0.1) is 0 Å². The maximum atomic E-state index is 14.5. The largest absolute Gasteiger partial charge is 0.493 e. The van der Waals surface area contributed by atoms with Crippen LogP contribution in [0.5, 0.6) is 23.0 Å². The normalized spacial score (nSPS) is 16.2. The highest BCUT2D eigenvalue weighted by molar-refractivity contribution is 8.76. The summed E-state index contributed by atoms with van der Waals surface area (Å²) in [4.78, 5) is 57.8. The third kappa shape index (κ3) is 11.6. The van der Waals surface area contributed by atoms with Gasteiger partial charge in [-0.1, -0.05) is 58.0 Å². The van der Waals surface area contributed by atoms with Crippen LogP contribution in [0.15, 0.2) is 101 Å². The number of carbonyl (C=O) groups is 3. The smallest absolute Gasteiger partial charge is 0.261 e. The van der Waals surface area contributed by atoms with Crippen LogP contribution in [0, 0.1) is 0 Å². The minimum absolute atomic E-state index is 0.0594. The first-order valence-electron chi connectivity index (χ1n) is 24.4. The van der Waals surface area contributed by atoms with Crippen LogP contribution in [-0.2, 0) is 45.1 Å². The van der Waals surface area contributed by atoms with E-state index in [1.807, 2.05) is 85.4 Å². The maximum Gasteiger partial charge on any atom is 0.261 e. The Balaban J connectivity index is 1.01. The molecule has 0 fully saturated rings. The number of para-hydroxylation sites is 2. The van der Waals surface area contributed by atoms with Gasteiger partial charge in [0.05, 0.1) is 81.8 Å². The Kier molecular flexibility index (Phi) is 16.4. The summed E-state index contributed by atoms with van der Waals surface area (Å²) in [6.45, 7) is 6.64. The average Bonchev–Trinajstić information content (AvgIpc) is 3.89. The van der Waals surface area contributed by atoms with Crippen LogP contribution in [0.25, 0.3) is 0 Å². The molecular weight excluding hydrogens is 967 g/mol. The molecule has 0 saturated carbocycles. The molecule has 0 aliphatic carbocycles. The monoisotopic (exact) mass is 1030 g/mol. The van der Waals surface area contributed by atoms with Crippen LogP contribution in [0.2, 0.25) is 0 Å². The van der Waals surface area contributed by atoms with Gasteiger partial charge < -0.3 is 38.1 Å². The molecule has 3 amide bonds. The lowest BCUT2D eigenvalue weighted by molar-refractivity contribution is -0.119. The van der Waals surface area contributed by atoms with Gasteiger partial charge >= 0.3 is 0 Å². The van der Waals surface area contributed by atoms with Gasteiger partial charge in [-0.05, 0) is 91.2 Å². The number of carbonyl (C=O) groups excluding carboxylic acids is 3. The van der Waals surface area contributed by atoms with Gasteiger partial charge in [0.2, 0.25) is 5.91 Å². The van der Waals surface area contributed by atoms with Crippen LogP contribution >= 0.6 is 21.6 Å². The van der Waals surface area contributed by atoms with Crippen LogP contribution in [0.4, 0.5) is 28.4 Å². The van der Waals surface area contributed by atoms with E-state index in [-0.39, 0.29) is 60.9 Å². The number of fused-ring (bicyclic) bond motifs is 8. The van der Waals surface area contributed by atoms with Crippen LogP contribution in [0.1, 0.15) is 69.7 Å². The number of amides is 3. The minimum Gasteiger partial charge on any atom is -0.493 e. The van der Waals surface area contributed by atoms with E-state index in [0.29, 0.717) is 103 Å². The van der Waals surface area contributed by atoms with Gasteiger partial charge in [0.25, 0.3) is 11.8 Å². The van der Waals surface area contributed by atoms with Crippen molar-refractivity contribution in [3.8, 4) is 23.0 Å². The number of ether oxygens (including phenoxy) is 7. The standard InChI is InChI=1S/C56H61N5O10S2/c1-56(2,73-72-6)16-15-53(62)59(17-18-68-21-22-69-20-19-65-3)40-24-36(34-70-51-30-45-43(28-49(51)66-4)54(63)60-41(32-57-45)26-38-11-7-9-13-47(38)60)23-37(25-40)35-71-52-31-46-44(29-50(52)67-5)55(64)61-42(33-58-46)27-39-12-8-10-14-48(39)61/h7-14,23-25,28-33,41-42H,15-22,26-27,34-35H2,1-6H3/t41-,42-/m0/s1. The molecule has 0 spiro atoms. The molecule has 4 heterocycles. The predicted octanol–water partition coefficient (Wildman–Crippen LogP) is 10.0. The van der Waals surface area contributed by atoms with Crippen molar-refractivity contribution in [2.75, 3.05) is 81.9 Å². The second-order valence-electron chi connectivity index (χ2n) is 18.6. The van der Waals surface area contributed by atoms with Crippen molar-refractivity contribution in [2.45, 2.75) is 69.6 Å². The number of benzene rings is 5. The summed E-state index contributed by atoms with van der Waals surface area (Å²) in [5.74, 6) is 1.16. The highest BCUT2D eigenvalue weighted by Crippen LogP contribution is 2.44. The molecule has 73 heavy (non-hydrogen) atoms. The molecule has 0 radical (unpaired) electrons. The van der Waals surface area contributed by atoms with Gasteiger partial charge in [-0.25, -0.2) is 0 Å². The summed E-state index contributed by atoms with van der Waals surface area (Å²) >= 11 is 0. The van der Waals surface area contributed by atoms with Crippen molar-refractivity contribution in [3.63, 3.8) is 0 Å². The second kappa shape index (κ2) is 23.2. The van der Waals surface area contributed by atoms with E-state index in [0.717, 1.165) is 33.6 Å². The number of hydrogen-bond acceptors (Lipinski definition) is 14. The van der Waals surface area contributed by atoms with Crippen LogP contribution < -0.4 is 33.6 Å². The molecule has 9 rings (SSSR count). The highest BCUT2D eigenvalue weighted by atomic mass is 33.1. The first kappa shape index (κ1) is 51.5. The van der Waals surface area contributed by atoms with Crippen molar-refractivity contribution in [2.24, 2.45) is 9.98 Å². The van der Waals surface area contributed by atoms with E-state index in [1.165, 1.54) is 0 Å². The fourth-order valence-corrected chi connectivity index (χ4v) is 11.8. The topological polar surface area (TPSA) is 150 Å². The summed E-state index contributed by atoms with van der Waals surface area (Å²) in [6.07, 6.45) is 8.00. The Hall–Kier alpha value is -6.37. The van der Waals surface area contributed by atoms with E-state index >= 15 is 0 Å².